The maximum absolute atomic E-state index is 13.1. The van der Waals surface area contributed by atoms with E-state index in [2.05, 4.69) is 10.3 Å². The van der Waals surface area contributed by atoms with Crippen LogP contribution in [0.25, 0.3) is 11.0 Å². The molecule has 0 aliphatic heterocycles. The molecule has 0 atom stereocenters. The van der Waals surface area contributed by atoms with Crippen LogP contribution in [0.5, 0.6) is 0 Å². The van der Waals surface area contributed by atoms with Crippen LogP contribution in [0.4, 0.5) is 4.39 Å². The summed E-state index contributed by atoms with van der Waals surface area (Å²) in [7, 11) is 0. The molecule has 3 aromatic rings. The van der Waals surface area contributed by atoms with E-state index in [-0.39, 0.29) is 17.3 Å². The van der Waals surface area contributed by atoms with Crippen molar-refractivity contribution >= 4 is 16.8 Å². The van der Waals surface area contributed by atoms with Gasteiger partial charge in [-0.1, -0.05) is 5.21 Å². The van der Waals surface area contributed by atoms with Crippen molar-refractivity contribution in [2.45, 2.75) is 6.54 Å². The Balaban J connectivity index is 1.94. The van der Waals surface area contributed by atoms with Gasteiger partial charge in [-0.2, -0.15) is 0 Å². The van der Waals surface area contributed by atoms with E-state index < -0.39 is 5.78 Å². The van der Waals surface area contributed by atoms with Gasteiger partial charge in [-0.05, 0) is 24.3 Å². The van der Waals surface area contributed by atoms with Crippen LogP contribution in [-0.4, -0.2) is 27.3 Å². The highest BCUT2D eigenvalue weighted by Crippen LogP contribution is 2.21. The van der Waals surface area contributed by atoms with Crippen LogP contribution in [0.2, 0.25) is 0 Å². The summed E-state index contributed by atoms with van der Waals surface area (Å²) in [5.74, 6) is -0.679. The predicted molar refractivity (Wildman–Crippen MR) is 68.7 cm³/mol. The lowest BCUT2D eigenvalue weighted by Gasteiger charge is -1.92. The van der Waals surface area contributed by atoms with Gasteiger partial charge < -0.3 is 10.2 Å². The lowest BCUT2D eigenvalue weighted by molar-refractivity contribution is 0.101. The highest BCUT2D eigenvalue weighted by molar-refractivity contribution is 6.07. The number of carbonyl (C=O) groups excluding carboxylic acids is 1. The molecule has 0 saturated carbocycles. The van der Waals surface area contributed by atoms with E-state index >= 15 is 0 Å². The van der Waals surface area contributed by atoms with Crippen LogP contribution in [0.15, 0.2) is 34.9 Å². The summed E-state index contributed by atoms with van der Waals surface area (Å²) in [6, 6.07) is 5.55. The zero-order valence-electron chi connectivity index (χ0n) is 10.4. The topological polar surface area (TPSA) is 86.9 Å². The van der Waals surface area contributed by atoms with Gasteiger partial charge in [-0.3, -0.25) is 9.48 Å². The Morgan fingerprint density at radius 1 is 1.40 bits per heavy atom. The monoisotopic (exact) mass is 274 g/mol. The summed E-state index contributed by atoms with van der Waals surface area (Å²) < 4.78 is 20.0. The molecule has 102 valence electrons. The fourth-order valence-electron chi connectivity index (χ4n) is 1.90. The van der Waals surface area contributed by atoms with Crippen molar-refractivity contribution in [2.24, 2.45) is 5.73 Å². The van der Waals surface area contributed by atoms with Crippen LogP contribution in [0, 0.1) is 5.82 Å². The zero-order chi connectivity index (χ0) is 14.1. The van der Waals surface area contributed by atoms with Crippen molar-refractivity contribution in [3.05, 3.63) is 47.7 Å². The number of hydrogen-bond donors (Lipinski definition) is 1. The molecule has 0 radical (unpaired) electrons. The Kier molecular flexibility index (Phi) is 3.03. The number of aromatic nitrogens is 3. The molecule has 0 aliphatic rings. The molecule has 0 saturated heterocycles. The van der Waals surface area contributed by atoms with E-state index in [4.69, 9.17) is 10.2 Å². The van der Waals surface area contributed by atoms with Crippen LogP contribution in [0.3, 0.4) is 0 Å². The van der Waals surface area contributed by atoms with Gasteiger partial charge in [0.15, 0.2) is 11.5 Å². The van der Waals surface area contributed by atoms with E-state index in [0.717, 1.165) is 0 Å². The minimum absolute atomic E-state index is 0.102. The molecule has 20 heavy (non-hydrogen) atoms. The highest BCUT2D eigenvalue weighted by atomic mass is 19.1. The van der Waals surface area contributed by atoms with Crippen molar-refractivity contribution in [3.8, 4) is 0 Å². The van der Waals surface area contributed by atoms with Crippen molar-refractivity contribution < 1.29 is 13.6 Å². The normalized spacial score (nSPS) is 11.1. The molecule has 0 aliphatic carbocycles. The molecule has 2 heterocycles. The first-order valence-corrected chi connectivity index (χ1v) is 6.01. The minimum Gasteiger partial charge on any atom is -0.453 e. The quantitative estimate of drug-likeness (QED) is 0.726. The number of nitrogens with zero attached hydrogens (tertiary/aromatic N) is 3. The summed E-state index contributed by atoms with van der Waals surface area (Å²) in [5, 5.41) is 8.09. The van der Waals surface area contributed by atoms with E-state index in [1.54, 1.807) is 0 Å². The second kappa shape index (κ2) is 4.86. The van der Waals surface area contributed by atoms with Gasteiger partial charge in [0.1, 0.15) is 11.4 Å². The van der Waals surface area contributed by atoms with E-state index in [0.29, 0.717) is 24.1 Å². The van der Waals surface area contributed by atoms with Crippen LogP contribution in [-0.2, 0) is 6.54 Å². The molecular weight excluding hydrogens is 263 g/mol. The lowest BCUT2D eigenvalue weighted by Crippen LogP contribution is -2.10. The first-order valence-electron chi connectivity index (χ1n) is 6.01. The number of halogens is 1. The number of carbonyl (C=O) groups is 1. The van der Waals surface area contributed by atoms with Gasteiger partial charge in [-0.15, -0.1) is 5.10 Å². The summed E-state index contributed by atoms with van der Waals surface area (Å²) >= 11 is 0. The summed E-state index contributed by atoms with van der Waals surface area (Å²) in [6.07, 6.45) is 1.50. The summed E-state index contributed by atoms with van der Waals surface area (Å²) in [6.45, 7) is 0.881. The fraction of sp³-hybridized carbons (Fsp3) is 0.154. The second-order valence-corrected chi connectivity index (χ2v) is 4.28. The van der Waals surface area contributed by atoms with Gasteiger partial charge in [0.2, 0.25) is 5.78 Å². The lowest BCUT2D eigenvalue weighted by atomic mass is 10.2. The Hall–Kier alpha value is -2.54. The average molecular weight is 274 g/mol. The SMILES string of the molecule is NCCn1cc(C(=O)c2cc3cc(F)ccc3o2)nn1. The van der Waals surface area contributed by atoms with Crippen molar-refractivity contribution in [1.82, 2.24) is 15.0 Å². The van der Waals surface area contributed by atoms with Crippen LogP contribution >= 0.6 is 0 Å². The molecule has 7 heteroatoms. The molecular formula is C13H11FN4O2. The number of hydrogen-bond acceptors (Lipinski definition) is 5. The Labute approximate surface area is 113 Å². The number of rotatable bonds is 4. The molecule has 0 unspecified atom stereocenters. The molecule has 0 spiro atoms. The van der Waals surface area contributed by atoms with Gasteiger partial charge in [-0.25, -0.2) is 4.39 Å². The Morgan fingerprint density at radius 3 is 3.05 bits per heavy atom. The van der Waals surface area contributed by atoms with Crippen LogP contribution in [0.1, 0.15) is 16.2 Å². The van der Waals surface area contributed by atoms with Crippen molar-refractivity contribution in [2.75, 3.05) is 6.54 Å². The van der Waals surface area contributed by atoms with Crippen molar-refractivity contribution in [1.29, 1.82) is 0 Å². The Morgan fingerprint density at radius 2 is 2.25 bits per heavy atom. The molecule has 0 bridgehead atoms. The standard InChI is InChI=1S/C13H11FN4O2/c14-9-1-2-11-8(5-9)6-12(20-11)13(19)10-7-18(4-3-15)17-16-10/h1-2,5-7H,3-4,15H2. The van der Waals surface area contributed by atoms with Gasteiger partial charge in [0.25, 0.3) is 0 Å². The van der Waals surface area contributed by atoms with Gasteiger partial charge in [0, 0.05) is 11.9 Å². The maximum atomic E-state index is 13.1. The first-order chi connectivity index (χ1) is 9.67. The summed E-state index contributed by atoms with van der Waals surface area (Å²) in [4.78, 5) is 12.2. The van der Waals surface area contributed by atoms with Gasteiger partial charge >= 0.3 is 0 Å². The molecule has 2 aromatic heterocycles. The third kappa shape index (κ3) is 2.19. The second-order valence-electron chi connectivity index (χ2n) is 4.28. The van der Waals surface area contributed by atoms with Crippen molar-refractivity contribution in [3.63, 3.8) is 0 Å². The Bertz CT molecular complexity index is 778. The third-order valence-electron chi connectivity index (χ3n) is 2.83. The molecule has 0 fully saturated rings. The van der Waals surface area contributed by atoms with E-state index in [1.165, 1.54) is 35.1 Å². The average Bonchev–Trinajstić information content (AvgIpc) is 3.04. The molecule has 1 aromatic carbocycles. The highest BCUT2D eigenvalue weighted by Gasteiger charge is 2.18. The first kappa shape index (κ1) is 12.5. The molecule has 3 rings (SSSR count). The largest absolute Gasteiger partial charge is 0.453 e. The summed E-state index contributed by atoms with van der Waals surface area (Å²) in [5.41, 5.74) is 6.01. The number of nitrogens with two attached hydrogens (primary N) is 1. The molecule has 2 N–H and O–H groups in total. The van der Waals surface area contributed by atoms with Crippen LogP contribution < -0.4 is 5.73 Å². The third-order valence-corrected chi connectivity index (χ3v) is 2.83. The predicted octanol–water partition coefficient (Wildman–Crippen LogP) is 1.35. The fourth-order valence-corrected chi connectivity index (χ4v) is 1.90. The van der Waals surface area contributed by atoms with E-state index in [1.807, 2.05) is 0 Å². The number of ketones is 1. The smallest absolute Gasteiger partial charge is 0.250 e. The molecule has 6 nitrogen and oxygen atoms in total. The molecule has 0 amide bonds. The number of furan rings is 1. The maximum Gasteiger partial charge on any atom is 0.250 e. The minimum atomic E-state index is -0.398. The zero-order valence-corrected chi connectivity index (χ0v) is 10.4. The number of fused-ring (bicyclic) bond motifs is 1. The van der Waals surface area contributed by atoms with Gasteiger partial charge in [0.05, 0.1) is 12.7 Å². The van der Waals surface area contributed by atoms with E-state index in [9.17, 15) is 9.18 Å². The number of benzene rings is 1.